The number of carbonyl (C=O) groups is 1. The lowest BCUT2D eigenvalue weighted by molar-refractivity contribution is -0.384. The molecule has 1 aromatic carbocycles. The van der Waals surface area contributed by atoms with Gasteiger partial charge in [0.25, 0.3) is 11.6 Å². The highest BCUT2D eigenvalue weighted by Gasteiger charge is 2.19. The number of anilines is 1. The van der Waals surface area contributed by atoms with E-state index in [4.69, 9.17) is 11.6 Å². The van der Waals surface area contributed by atoms with Gasteiger partial charge in [-0.25, -0.2) is 4.98 Å². The maximum atomic E-state index is 12.5. The second-order valence-electron chi connectivity index (χ2n) is 5.16. The second kappa shape index (κ2) is 6.76. The average Bonchev–Trinajstić information content (AvgIpc) is 3.33. The van der Waals surface area contributed by atoms with Gasteiger partial charge in [0.2, 0.25) is 0 Å². The molecule has 10 heteroatoms. The van der Waals surface area contributed by atoms with Gasteiger partial charge in [-0.15, -0.1) is 34.0 Å². The van der Waals surface area contributed by atoms with Crippen molar-refractivity contribution in [1.82, 2.24) is 4.98 Å². The molecule has 1 N–H and O–H groups in total. The highest BCUT2D eigenvalue weighted by Crippen LogP contribution is 2.36. The summed E-state index contributed by atoms with van der Waals surface area (Å²) >= 11 is 10.1. The Hall–Kier alpha value is -2.33. The molecule has 0 saturated heterocycles. The van der Waals surface area contributed by atoms with Crippen molar-refractivity contribution in [3.8, 4) is 10.6 Å². The molecule has 0 radical (unpaired) electrons. The first-order valence-electron chi connectivity index (χ1n) is 7.20. The van der Waals surface area contributed by atoms with Crippen LogP contribution in [-0.4, -0.2) is 15.8 Å². The number of hydrogen-bond acceptors (Lipinski definition) is 7. The molecule has 3 heterocycles. The molecule has 130 valence electrons. The van der Waals surface area contributed by atoms with Crippen molar-refractivity contribution in [3.05, 3.63) is 61.1 Å². The smallest absolute Gasteiger partial charge is 0.280 e. The maximum absolute atomic E-state index is 12.5. The van der Waals surface area contributed by atoms with Crippen LogP contribution in [0.2, 0.25) is 5.02 Å². The van der Waals surface area contributed by atoms with Crippen molar-refractivity contribution in [1.29, 1.82) is 0 Å². The summed E-state index contributed by atoms with van der Waals surface area (Å²) in [4.78, 5) is 28.3. The van der Waals surface area contributed by atoms with E-state index in [0.29, 0.717) is 25.6 Å². The monoisotopic (exact) mass is 421 g/mol. The molecule has 0 aliphatic heterocycles. The molecule has 1 amide bonds. The number of amides is 1. The van der Waals surface area contributed by atoms with Gasteiger partial charge in [0.15, 0.2) is 5.13 Å². The van der Waals surface area contributed by atoms with Crippen molar-refractivity contribution >= 4 is 72.4 Å². The number of thiazole rings is 1. The topological polar surface area (TPSA) is 85.1 Å². The van der Waals surface area contributed by atoms with Gasteiger partial charge in [-0.3, -0.25) is 20.2 Å². The normalized spacial score (nSPS) is 11.0. The lowest BCUT2D eigenvalue weighted by Crippen LogP contribution is -2.10. The number of aromatic nitrogens is 1. The highest BCUT2D eigenvalue weighted by atomic mass is 35.5. The first kappa shape index (κ1) is 17.1. The Morgan fingerprint density at radius 3 is 2.77 bits per heavy atom. The van der Waals surface area contributed by atoms with Crippen LogP contribution in [0.5, 0.6) is 0 Å². The van der Waals surface area contributed by atoms with Crippen LogP contribution in [0.1, 0.15) is 9.67 Å². The molecule has 0 spiro atoms. The Morgan fingerprint density at radius 1 is 1.23 bits per heavy atom. The van der Waals surface area contributed by atoms with Gasteiger partial charge in [-0.1, -0.05) is 29.8 Å². The van der Waals surface area contributed by atoms with Crippen molar-refractivity contribution < 1.29 is 9.72 Å². The van der Waals surface area contributed by atoms with E-state index < -0.39 is 4.92 Å². The number of nitro groups is 1. The van der Waals surface area contributed by atoms with Crippen LogP contribution in [-0.2, 0) is 0 Å². The van der Waals surface area contributed by atoms with Gasteiger partial charge in [-0.2, -0.15) is 0 Å². The molecule has 0 fully saturated rings. The Labute approximate surface area is 163 Å². The molecular formula is C16H8ClN3O3S3. The summed E-state index contributed by atoms with van der Waals surface area (Å²) < 4.78 is 0.938. The first-order valence-corrected chi connectivity index (χ1v) is 10.2. The van der Waals surface area contributed by atoms with E-state index >= 15 is 0 Å². The first-order chi connectivity index (χ1) is 12.5. The standard InChI is InChI=1S/C16H8ClN3O3S3/c17-13-9-3-1-2-4-11(9)26-14(13)15(21)19-16-18-10(7-25-16)12-5-8(6-24-12)20(22)23/h1-7H,(H,18,19,21). The molecule has 0 unspecified atom stereocenters. The molecule has 0 aliphatic rings. The van der Waals surface area contributed by atoms with Crippen LogP contribution < -0.4 is 5.32 Å². The summed E-state index contributed by atoms with van der Waals surface area (Å²) in [5.74, 6) is -0.325. The van der Waals surface area contributed by atoms with Crippen molar-refractivity contribution in [2.24, 2.45) is 0 Å². The number of halogens is 1. The minimum absolute atomic E-state index is 0.0284. The summed E-state index contributed by atoms with van der Waals surface area (Å²) in [5, 5.41) is 18.4. The summed E-state index contributed by atoms with van der Waals surface area (Å²) in [5.41, 5.74) is 0.617. The number of nitrogens with one attached hydrogen (secondary N) is 1. The zero-order valence-electron chi connectivity index (χ0n) is 12.8. The summed E-state index contributed by atoms with van der Waals surface area (Å²) in [7, 11) is 0. The minimum Gasteiger partial charge on any atom is -0.297 e. The number of fused-ring (bicyclic) bond motifs is 1. The second-order valence-corrected chi connectivity index (χ2v) is 8.36. The third kappa shape index (κ3) is 3.10. The SMILES string of the molecule is O=C(Nc1nc(-c2cc([N+](=O)[O-])cs2)cs1)c1sc2ccccc2c1Cl. The fraction of sp³-hybridized carbons (Fsp3) is 0. The third-order valence-electron chi connectivity index (χ3n) is 3.51. The van der Waals surface area contributed by atoms with E-state index in [1.54, 1.807) is 5.38 Å². The number of benzene rings is 1. The number of nitrogens with zero attached hydrogens (tertiary/aromatic N) is 2. The summed E-state index contributed by atoms with van der Waals surface area (Å²) in [6.07, 6.45) is 0. The van der Waals surface area contributed by atoms with Crippen molar-refractivity contribution in [2.75, 3.05) is 5.32 Å². The van der Waals surface area contributed by atoms with Crippen LogP contribution in [0.25, 0.3) is 20.7 Å². The number of hydrogen-bond donors (Lipinski definition) is 1. The quantitative estimate of drug-likeness (QED) is 0.328. The number of rotatable bonds is 4. The fourth-order valence-corrected chi connectivity index (χ4v) is 5.32. The molecule has 3 aromatic heterocycles. The van der Waals surface area contributed by atoms with Crippen LogP contribution in [0, 0.1) is 10.1 Å². The third-order valence-corrected chi connectivity index (χ3v) is 6.89. The Morgan fingerprint density at radius 2 is 2.04 bits per heavy atom. The lowest BCUT2D eigenvalue weighted by atomic mass is 10.2. The number of thiophene rings is 2. The predicted molar refractivity (Wildman–Crippen MR) is 107 cm³/mol. The highest BCUT2D eigenvalue weighted by molar-refractivity contribution is 7.22. The van der Waals surface area contributed by atoms with Gasteiger partial charge < -0.3 is 0 Å². The average molecular weight is 422 g/mol. The van der Waals surface area contributed by atoms with Gasteiger partial charge in [0.05, 0.1) is 25.9 Å². The van der Waals surface area contributed by atoms with Crippen molar-refractivity contribution in [2.45, 2.75) is 0 Å². The van der Waals surface area contributed by atoms with Crippen molar-refractivity contribution in [3.63, 3.8) is 0 Å². The molecule has 6 nitrogen and oxygen atoms in total. The Bertz CT molecular complexity index is 1150. The van der Waals surface area contributed by atoms with Crippen LogP contribution in [0.3, 0.4) is 0 Å². The molecule has 4 rings (SSSR count). The van der Waals surface area contributed by atoms with Gasteiger partial charge >= 0.3 is 0 Å². The van der Waals surface area contributed by atoms with Gasteiger partial charge in [0, 0.05) is 21.5 Å². The van der Waals surface area contributed by atoms with E-state index in [2.05, 4.69) is 10.3 Å². The largest absolute Gasteiger partial charge is 0.297 e. The van der Waals surface area contributed by atoms with Gasteiger partial charge in [0.1, 0.15) is 4.88 Å². The zero-order valence-corrected chi connectivity index (χ0v) is 16.0. The van der Waals surface area contributed by atoms with Crippen LogP contribution in [0.15, 0.2) is 41.1 Å². The molecule has 0 saturated carbocycles. The fourth-order valence-electron chi connectivity index (χ4n) is 2.31. The van der Waals surface area contributed by atoms with E-state index in [9.17, 15) is 14.9 Å². The molecule has 4 aromatic rings. The van der Waals surface area contributed by atoms with Crippen LogP contribution in [0.4, 0.5) is 10.8 Å². The molecule has 0 bridgehead atoms. The molecule has 26 heavy (non-hydrogen) atoms. The number of carbonyl (C=O) groups excluding carboxylic acids is 1. The van der Waals surface area contributed by atoms with Gasteiger partial charge in [-0.05, 0) is 6.07 Å². The Kier molecular flexibility index (Phi) is 4.45. The lowest BCUT2D eigenvalue weighted by Gasteiger charge is -1.99. The van der Waals surface area contributed by atoms with E-state index in [1.165, 1.54) is 45.5 Å². The van der Waals surface area contributed by atoms with E-state index in [1.807, 2.05) is 24.3 Å². The minimum atomic E-state index is -0.446. The van der Waals surface area contributed by atoms with E-state index in [-0.39, 0.29) is 11.6 Å². The summed E-state index contributed by atoms with van der Waals surface area (Å²) in [6.45, 7) is 0. The Balaban J connectivity index is 1.57. The molecule has 0 aliphatic carbocycles. The van der Waals surface area contributed by atoms with Crippen LogP contribution >= 0.6 is 45.6 Å². The maximum Gasteiger partial charge on any atom is 0.280 e. The predicted octanol–water partition coefficient (Wildman–Crippen LogP) is 5.90. The zero-order chi connectivity index (χ0) is 18.3. The van der Waals surface area contributed by atoms with E-state index in [0.717, 1.165) is 10.1 Å². The molecule has 0 atom stereocenters. The summed E-state index contributed by atoms with van der Waals surface area (Å²) in [6, 6.07) is 9.01. The molecular weight excluding hydrogens is 414 g/mol.